The fourth-order valence-corrected chi connectivity index (χ4v) is 1.44. The van der Waals surface area contributed by atoms with Gasteiger partial charge in [-0.25, -0.2) is 4.98 Å². The van der Waals surface area contributed by atoms with Gasteiger partial charge in [0.05, 0.1) is 0 Å². The van der Waals surface area contributed by atoms with Gasteiger partial charge in [0.2, 0.25) is 5.82 Å². The molecule has 0 saturated heterocycles. The van der Waals surface area contributed by atoms with E-state index in [2.05, 4.69) is 10.1 Å². The van der Waals surface area contributed by atoms with Crippen molar-refractivity contribution in [3.05, 3.63) is 30.1 Å². The summed E-state index contributed by atoms with van der Waals surface area (Å²) in [7, 11) is 3.69. The van der Waals surface area contributed by atoms with Crippen molar-refractivity contribution in [1.82, 2.24) is 15.2 Å². The van der Waals surface area contributed by atoms with Crippen LogP contribution in [0.25, 0.3) is 11.4 Å². The van der Waals surface area contributed by atoms with Crippen LogP contribution in [0.2, 0.25) is 0 Å². The molecule has 4 nitrogen and oxygen atoms in total. The number of hydrogen-bond donors (Lipinski definition) is 1. The maximum Gasteiger partial charge on any atom is 0.451 e. The van der Waals surface area contributed by atoms with Crippen LogP contribution in [0.15, 0.2) is 24.3 Å². The molecule has 0 aliphatic heterocycles. The lowest BCUT2D eigenvalue weighted by molar-refractivity contribution is -0.144. The van der Waals surface area contributed by atoms with Crippen LogP contribution in [-0.2, 0) is 6.18 Å². The van der Waals surface area contributed by atoms with Crippen LogP contribution in [0, 0.1) is 0 Å². The van der Waals surface area contributed by atoms with E-state index in [1.165, 1.54) is 0 Å². The standard InChI is InChI=1S/C11H11F3N4/c1-18(2)8-5-3-4-7(6-8)9-15-10(17-16-9)11(12,13)14/h3-6H,1-2H3,(H,15,16,17). The minimum atomic E-state index is -4.51. The fraction of sp³-hybridized carbons (Fsp3) is 0.273. The minimum absolute atomic E-state index is 0.0334. The van der Waals surface area contributed by atoms with Crippen molar-refractivity contribution in [2.24, 2.45) is 0 Å². The molecule has 0 atom stereocenters. The summed E-state index contributed by atoms with van der Waals surface area (Å²) in [6.07, 6.45) is -4.51. The average molecular weight is 256 g/mol. The third-order valence-corrected chi connectivity index (χ3v) is 2.37. The van der Waals surface area contributed by atoms with Crippen LogP contribution < -0.4 is 4.90 Å². The minimum Gasteiger partial charge on any atom is -0.378 e. The first kappa shape index (κ1) is 12.4. The molecule has 0 aliphatic carbocycles. The van der Waals surface area contributed by atoms with Gasteiger partial charge in [0.15, 0.2) is 5.82 Å². The second-order valence-corrected chi connectivity index (χ2v) is 3.95. The fourth-order valence-electron chi connectivity index (χ4n) is 1.44. The van der Waals surface area contributed by atoms with E-state index in [1.807, 2.05) is 30.2 Å². The number of aromatic nitrogens is 3. The third kappa shape index (κ3) is 2.44. The van der Waals surface area contributed by atoms with Crippen LogP contribution in [0.3, 0.4) is 0 Å². The van der Waals surface area contributed by atoms with Crippen molar-refractivity contribution in [1.29, 1.82) is 0 Å². The molecule has 1 aromatic heterocycles. The largest absolute Gasteiger partial charge is 0.451 e. The highest BCUT2D eigenvalue weighted by Gasteiger charge is 2.35. The molecule has 96 valence electrons. The molecule has 1 aromatic carbocycles. The first-order chi connectivity index (χ1) is 8.38. The molecule has 7 heteroatoms. The van der Waals surface area contributed by atoms with Crippen molar-refractivity contribution in [2.75, 3.05) is 19.0 Å². The van der Waals surface area contributed by atoms with Crippen molar-refractivity contribution < 1.29 is 13.2 Å². The van der Waals surface area contributed by atoms with E-state index >= 15 is 0 Å². The molecule has 0 saturated carbocycles. The zero-order valence-electron chi connectivity index (χ0n) is 9.78. The van der Waals surface area contributed by atoms with E-state index in [0.29, 0.717) is 5.56 Å². The van der Waals surface area contributed by atoms with Crippen LogP contribution in [-0.4, -0.2) is 29.3 Å². The molecule has 0 spiro atoms. The van der Waals surface area contributed by atoms with E-state index in [0.717, 1.165) is 5.69 Å². The molecule has 0 radical (unpaired) electrons. The van der Waals surface area contributed by atoms with Gasteiger partial charge in [-0.05, 0) is 12.1 Å². The number of benzene rings is 1. The second kappa shape index (κ2) is 4.32. The first-order valence-electron chi connectivity index (χ1n) is 5.15. The Bertz CT molecular complexity index is 545. The van der Waals surface area contributed by atoms with Crippen LogP contribution in [0.4, 0.5) is 18.9 Å². The quantitative estimate of drug-likeness (QED) is 0.898. The molecule has 1 heterocycles. The van der Waals surface area contributed by atoms with Crippen LogP contribution in [0.5, 0.6) is 0 Å². The van der Waals surface area contributed by atoms with Crippen LogP contribution >= 0.6 is 0 Å². The predicted molar refractivity (Wildman–Crippen MR) is 61.1 cm³/mol. The zero-order chi connectivity index (χ0) is 13.3. The predicted octanol–water partition coefficient (Wildman–Crippen LogP) is 2.56. The van der Waals surface area contributed by atoms with Crippen molar-refractivity contribution in [2.45, 2.75) is 6.18 Å². The van der Waals surface area contributed by atoms with E-state index in [-0.39, 0.29) is 5.82 Å². The molecular formula is C11H11F3N4. The van der Waals surface area contributed by atoms with Gasteiger partial charge in [0.25, 0.3) is 0 Å². The van der Waals surface area contributed by atoms with Crippen molar-refractivity contribution in [3.63, 3.8) is 0 Å². The Hall–Kier alpha value is -2.05. The van der Waals surface area contributed by atoms with Gasteiger partial charge in [0.1, 0.15) is 0 Å². The average Bonchev–Trinajstić information content (AvgIpc) is 2.78. The number of H-pyrrole nitrogens is 1. The van der Waals surface area contributed by atoms with Crippen molar-refractivity contribution in [3.8, 4) is 11.4 Å². The number of aromatic amines is 1. The number of halogens is 3. The summed E-state index contributed by atoms with van der Waals surface area (Å²) in [6, 6.07) is 6.98. The third-order valence-electron chi connectivity index (χ3n) is 2.37. The summed E-state index contributed by atoms with van der Waals surface area (Å²) in [6.45, 7) is 0. The molecule has 2 rings (SSSR count). The summed E-state index contributed by atoms with van der Waals surface area (Å²) in [5.41, 5.74) is 1.40. The Morgan fingerprint density at radius 2 is 1.94 bits per heavy atom. The summed E-state index contributed by atoms with van der Waals surface area (Å²) >= 11 is 0. The highest BCUT2D eigenvalue weighted by molar-refractivity contribution is 5.62. The second-order valence-electron chi connectivity index (χ2n) is 3.95. The molecular weight excluding hydrogens is 245 g/mol. The SMILES string of the molecule is CN(C)c1cccc(-c2n[nH]c(C(F)(F)F)n2)c1. The van der Waals surface area contributed by atoms with Gasteiger partial charge >= 0.3 is 6.18 Å². The summed E-state index contributed by atoms with van der Waals surface area (Å²) in [5.74, 6) is -1.06. The molecule has 0 unspecified atom stereocenters. The first-order valence-corrected chi connectivity index (χ1v) is 5.15. The maximum atomic E-state index is 12.4. The van der Waals surface area contributed by atoms with Gasteiger partial charge in [-0.3, -0.25) is 5.10 Å². The van der Waals surface area contributed by atoms with Gasteiger partial charge in [-0.2, -0.15) is 18.3 Å². The number of alkyl halides is 3. The molecule has 0 amide bonds. The highest BCUT2D eigenvalue weighted by Crippen LogP contribution is 2.28. The van der Waals surface area contributed by atoms with Crippen molar-refractivity contribution >= 4 is 5.69 Å². The number of nitrogens with zero attached hydrogens (tertiary/aromatic N) is 3. The Kier molecular flexibility index (Phi) is 2.98. The smallest absolute Gasteiger partial charge is 0.378 e. The Morgan fingerprint density at radius 1 is 1.22 bits per heavy atom. The van der Waals surface area contributed by atoms with Gasteiger partial charge in [0, 0.05) is 25.3 Å². The van der Waals surface area contributed by atoms with E-state index in [9.17, 15) is 13.2 Å². The highest BCUT2D eigenvalue weighted by atomic mass is 19.4. The molecule has 0 fully saturated rings. The molecule has 18 heavy (non-hydrogen) atoms. The Labute approximate surface area is 101 Å². The van der Waals surface area contributed by atoms with E-state index < -0.39 is 12.0 Å². The van der Waals surface area contributed by atoms with E-state index in [4.69, 9.17) is 0 Å². The topological polar surface area (TPSA) is 44.8 Å². The molecule has 0 bridgehead atoms. The number of nitrogens with one attached hydrogen (secondary N) is 1. The number of anilines is 1. The van der Waals surface area contributed by atoms with Gasteiger partial charge in [-0.15, -0.1) is 0 Å². The summed E-state index contributed by atoms with van der Waals surface area (Å²) in [5, 5.41) is 5.47. The lowest BCUT2D eigenvalue weighted by atomic mass is 10.2. The molecule has 1 N–H and O–H groups in total. The lowest BCUT2D eigenvalue weighted by Crippen LogP contribution is -2.08. The Morgan fingerprint density at radius 3 is 2.50 bits per heavy atom. The lowest BCUT2D eigenvalue weighted by Gasteiger charge is -2.12. The Balaban J connectivity index is 2.37. The molecule has 2 aromatic rings. The van der Waals surface area contributed by atoms with Gasteiger partial charge < -0.3 is 4.90 Å². The number of rotatable bonds is 2. The zero-order valence-corrected chi connectivity index (χ0v) is 9.78. The van der Waals surface area contributed by atoms with Crippen LogP contribution in [0.1, 0.15) is 5.82 Å². The van der Waals surface area contributed by atoms with E-state index in [1.54, 1.807) is 18.2 Å². The molecule has 0 aliphatic rings. The summed E-state index contributed by atoms with van der Waals surface area (Å²) < 4.78 is 37.1. The number of hydrogen-bond acceptors (Lipinski definition) is 3. The summed E-state index contributed by atoms with van der Waals surface area (Å²) in [4.78, 5) is 5.29. The monoisotopic (exact) mass is 256 g/mol. The normalized spacial score (nSPS) is 11.6. The van der Waals surface area contributed by atoms with Gasteiger partial charge in [-0.1, -0.05) is 12.1 Å². The maximum absolute atomic E-state index is 12.4.